The monoisotopic (exact) mass is 196 g/mol. The van der Waals surface area contributed by atoms with E-state index in [-0.39, 0.29) is 0 Å². The molecule has 0 bridgehead atoms. The highest BCUT2D eigenvalue weighted by atomic mass is 15.0. The topological polar surface area (TPSA) is 24.1 Å². The maximum Gasteiger partial charge on any atom is 0.0192 e. The van der Waals surface area contributed by atoms with E-state index in [1.165, 1.54) is 38.6 Å². The summed E-state index contributed by atoms with van der Waals surface area (Å²) in [6.07, 6.45) is 6.98. The number of rotatable bonds is 4. The van der Waals surface area contributed by atoms with Gasteiger partial charge in [0, 0.05) is 18.1 Å². The van der Waals surface area contributed by atoms with Gasteiger partial charge in [0.25, 0.3) is 0 Å². The van der Waals surface area contributed by atoms with Crippen molar-refractivity contribution in [3.63, 3.8) is 0 Å². The molecule has 82 valence electrons. The smallest absolute Gasteiger partial charge is 0.0192 e. The summed E-state index contributed by atoms with van der Waals surface area (Å²) in [7, 11) is 0. The first-order valence-electron chi connectivity index (χ1n) is 6.17. The summed E-state index contributed by atoms with van der Waals surface area (Å²) < 4.78 is 0. The largest absolute Gasteiger partial charge is 0.313 e. The molecule has 0 amide bonds. The van der Waals surface area contributed by atoms with Crippen molar-refractivity contribution < 1.29 is 0 Å². The summed E-state index contributed by atoms with van der Waals surface area (Å²) in [6.45, 7) is 7.08. The van der Waals surface area contributed by atoms with Crippen LogP contribution in [0.15, 0.2) is 0 Å². The van der Waals surface area contributed by atoms with Crippen LogP contribution in [0.3, 0.4) is 0 Å². The third-order valence-electron chi connectivity index (χ3n) is 3.81. The number of piperidine rings is 1. The molecule has 1 saturated carbocycles. The average Bonchev–Trinajstić information content (AvgIpc) is 3.00. The standard InChI is InChI=1S/C12H24N2/c1-12(2,10-6-7-10)14-9-11-5-3-4-8-13-11/h10-11,13-14H,3-9H2,1-2H3. The molecule has 1 unspecified atom stereocenters. The van der Waals surface area contributed by atoms with E-state index >= 15 is 0 Å². The molecule has 1 aliphatic heterocycles. The number of hydrogen-bond donors (Lipinski definition) is 2. The number of hydrogen-bond acceptors (Lipinski definition) is 2. The fourth-order valence-electron chi connectivity index (χ4n) is 2.43. The van der Waals surface area contributed by atoms with Gasteiger partial charge in [0.15, 0.2) is 0 Å². The Hall–Kier alpha value is -0.0800. The van der Waals surface area contributed by atoms with Crippen LogP contribution < -0.4 is 10.6 Å². The minimum Gasteiger partial charge on any atom is -0.313 e. The van der Waals surface area contributed by atoms with Gasteiger partial charge in [-0.15, -0.1) is 0 Å². The zero-order valence-electron chi connectivity index (χ0n) is 9.60. The molecule has 2 fully saturated rings. The summed E-state index contributed by atoms with van der Waals surface area (Å²) >= 11 is 0. The Kier molecular flexibility index (Phi) is 3.13. The van der Waals surface area contributed by atoms with E-state index in [9.17, 15) is 0 Å². The molecule has 14 heavy (non-hydrogen) atoms. The van der Waals surface area contributed by atoms with Crippen molar-refractivity contribution in [2.45, 2.75) is 57.5 Å². The summed E-state index contributed by atoms with van der Waals surface area (Å²) in [6, 6.07) is 0.724. The van der Waals surface area contributed by atoms with Gasteiger partial charge in [-0.05, 0) is 52.0 Å². The maximum absolute atomic E-state index is 3.73. The lowest BCUT2D eigenvalue weighted by Crippen LogP contribution is -2.49. The Morgan fingerprint density at radius 1 is 1.21 bits per heavy atom. The molecule has 1 saturated heterocycles. The van der Waals surface area contributed by atoms with Crippen LogP contribution >= 0.6 is 0 Å². The predicted octanol–water partition coefficient (Wildman–Crippen LogP) is 1.91. The first-order chi connectivity index (χ1) is 6.68. The normalized spacial score (nSPS) is 29.1. The van der Waals surface area contributed by atoms with Gasteiger partial charge in [-0.2, -0.15) is 0 Å². The highest BCUT2D eigenvalue weighted by Gasteiger charge is 2.37. The van der Waals surface area contributed by atoms with Gasteiger partial charge in [0.2, 0.25) is 0 Å². The molecule has 0 aromatic heterocycles. The third kappa shape index (κ3) is 2.71. The van der Waals surface area contributed by atoms with Crippen LogP contribution in [0.5, 0.6) is 0 Å². The molecule has 2 rings (SSSR count). The van der Waals surface area contributed by atoms with Crippen LogP contribution in [0.25, 0.3) is 0 Å². The second kappa shape index (κ2) is 4.19. The molecule has 0 spiro atoms. The predicted molar refractivity (Wildman–Crippen MR) is 60.4 cm³/mol. The Labute approximate surface area is 87.8 Å². The Balaban J connectivity index is 1.69. The van der Waals surface area contributed by atoms with Crippen LogP contribution in [0.1, 0.15) is 46.0 Å². The van der Waals surface area contributed by atoms with E-state index in [1.54, 1.807) is 0 Å². The average molecular weight is 196 g/mol. The van der Waals surface area contributed by atoms with E-state index < -0.39 is 0 Å². The lowest BCUT2D eigenvalue weighted by molar-refractivity contribution is 0.297. The second-order valence-electron chi connectivity index (χ2n) is 5.52. The number of nitrogens with one attached hydrogen (secondary N) is 2. The lowest BCUT2D eigenvalue weighted by Gasteiger charge is -2.31. The molecule has 2 aliphatic rings. The van der Waals surface area contributed by atoms with Crippen molar-refractivity contribution in [1.29, 1.82) is 0 Å². The Morgan fingerprint density at radius 2 is 2.00 bits per heavy atom. The summed E-state index contributed by atoms with van der Waals surface area (Å²) in [5.74, 6) is 0.936. The molecule has 0 radical (unpaired) electrons. The third-order valence-corrected chi connectivity index (χ3v) is 3.81. The van der Waals surface area contributed by atoms with Crippen molar-refractivity contribution in [3.8, 4) is 0 Å². The molecule has 1 heterocycles. The second-order valence-corrected chi connectivity index (χ2v) is 5.52. The molecule has 2 N–H and O–H groups in total. The highest BCUT2D eigenvalue weighted by Crippen LogP contribution is 2.39. The summed E-state index contributed by atoms with van der Waals surface area (Å²) in [5, 5.41) is 7.32. The van der Waals surface area contributed by atoms with Gasteiger partial charge >= 0.3 is 0 Å². The summed E-state index contributed by atoms with van der Waals surface area (Å²) in [5.41, 5.74) is 0.374. The first-order valence-corrected chi connectivity index (χ1v) is 6.17. The fraction of sp³-hybridized carbons (Fsp3) is 1.00. The van der Waals surface area contributed by atoms with Crippen molar-refractivity contribution >= 4 is 0 Å². The molecule has 0 aromatic rings. The van der Waals surface area contributed by atoms with Gasteiger partial charge in [-0.3, -0.25) is 0 Å². The van der Waals surface area contributed by atoms with Crippen LogP contribution in [0.4, 0.5) is 0 Å². The van der Waals surface area contributed by atoms with Crippen molar-refractivity contribution in [3.05, 3.63) is 0 Å². The van der Waals surface area contributed by atoms with Crippen LogP contribution in [0, 0.1) is 5.92 Å². The molecular weight excluding hydrogens is 172 g/mol. The van der Waals surface area contributed by atoms with Gasteiger partial charge in [0.1, 0.15) is 0 Å². The maximum atomic E-state index is 3.73. The molecule has 0 aromatic carbocycles. The summed E-state index contributed by atoms with van der Waals surface area (Å²) in [4.78, 5) is 0. The van der Waals surface area contributed by atoms with Crippen molar-refractivity contribution in [2.75, 3.05) is 13.1 Å². The molecule has 1 aliphatic carbocycles. The zero-order chi connectivity index (χ0) is 10.0. The van der Waals surface area contributed by atoms with Crippen LogP contribution in [-0.4, -0.2) is 24.7 Å². The van der Waals surface area contributed by atoms with Crippen LogP contribution in [-0.2, 0) is 0 Å². The van der Waals surface area contributed by atoms with E-state index in [1.807, 2.05) is 0 Å². The lowest BCUT2D eigenvalue weighted by atomic mass is 9.97. The minimum absolute atomic E-state index is 0.374. The molecule has 2 heteroatoms. The van der Waals surface area contributed by atoms with Gasteiger partial charge in [-0.1, -0.05) is 6.42 Å². The quantitative estimate of drug-likeness (QED) is 0.717. The zero-order valence-corrected chi connectivity index (χ0v) is 9.60. The van der Waals surface area contributed by atoms with Gasteiger partial charge < -0.3 is 10.6 Å². The van der Waals surface area contributed by atoms with Crippen LogP contribution in [0.2, 0.25) is 0 Å². The van der Waals surface area contributed by atoms with E-state index in [4.69, 9.17) is 0 Å². The molecular formula is C12H24N2. The SMILES string of the molecule is CC(C)(NCC1CCCCN1)C1CC1. The Bertz CT molecular complexity index is 179. The van der Waals surface area contributed by atoms with Crippen molar-refractivity contribution in [1.82, 2.24) is 10.6 Å². The van der Waals surface area contributed by atoms with E-state index in [0.29, 0.717) is 5.54 Å². The Morgan fingerprint density at radius 3 is 2.57 bits per heavy atom. The minimum atomic E-state index is 0.374. The van der Waals surface area contributed by atoms with Gasteiger partial charge in [0.05, 0.1) is 0 Å². The van der Waals surface area contributed by atoms with E-state index in [0.717, 1.165) is 18.5 Å². The van der Waals surface area contributed by atoms with Crippen molar-refractivity contribution in [2.24, 2.45) is 5.92 Å². The van der Waals surface area contributed by atoms with Gasteiger partial charge in [-0.25, -0.2) is 0 Å². The molecule has 2 nitrogen and oxygen atoms in total. The molecule has 1 atom stereocenters. The van der Waals surface area contributed by atoms with E-state index in [2.05, 4.69) is 24.5 Å². The highest BCUT2D eigenvalue weighted by molar-refractivity contribution is 4.95. The fourth-order valence-corrected chi connectivity index (χ4v) is 2.43. The first kappa shape index (κ1) is 10.4.